The van der Waals surface area contributed by atoms with E-state index in [1.54, 1.807) is 6.92 Å². The number of hydrogen-bond acceptors (Lipinski definition) is 6. The number of hydrogen-bond donors (Lipinski definition) is 1. The fourth-order valence-electron chi connectivity index (χ4n) is 4.97. The number of nitrogens with one attached hydrogen (secondary N) is 1. The summed E-state index contributed by atoms with van der Waals surface area (Å²) < 4.78 is 10.2. The number of carbonyl (C=O) groups is 3. The molecule has 2 amide bonds. The van der Waals surface area contributed by atoms with Gasteiger partial charge in [-0.25, -0.2) is 4.79 Å². The summed E-state index contributed by atoms with van der Waals surface area (Å²) in [6, 6.07) is 20.3. The van der Waals surface area contributed by atoms with Crippen molar-refractivity contribution in [2.75, 3.05) is 32.8 Å². The van der Waals surface area contributed by atoms with Gasteiger partial charge in [-0.05, 0) is 30.4 Å². The molecule has 0 bridgehead atoms. The Bertz CT molecular complexity index is 1010. The first-order chi connectivity index (χ1) is 17.9. The Morgan fingerprint density at radius 3 is 2.00 bits per heavy atom. The summed E-state index contributed by atoms with van der Waals surface area (Å²) in [7, 11) is 0. The van der Waals surface area contributed by atoms with Gasteiger partial charge in [0.05, 0.1) is 12.6 Å². The van der Waals surface area contributed by atoms with Crippen molar-refractivity contribution in [3.63, 3.8) is 0 Å². The number of amides is 2. The van der Waals surface area contributed by atoms with E-state index >= 15 is 0 Å². The van der Waals surface area contributed by atoms with Crippen LogP contribution in [0.5, 0.6) is 0 Å². The molecule has 0 radical (unpaired) electrons. The monoisotopic (exact) mass is 507 g/mol. The summed E-state index contributed by atoms with van der Waals surface area (Å²) in [4.78, 5) is 42.3. The largest absolute Gasteiger partial charge is 0.464 e. The Kier molecular flexibility index (Phi) is 8.95. The zero-order valence-corrected chi connectivity index (χ0v) is 21.8. The van der Waals surface area contributed by atoms with Gasteiger partial charge in [0.2, 0.25) is 5.91 Å². The minimum absolute atomic E-state index is 0.0917. The van der Waals surface area contributed by atoms with Gasteiger partial charge in [-0.15, -0.1) is 0 Å². The van der Waals surface area contributed by atoms with Crippen LogP contribution in [-0.2, 0) is 23.9 Å². The van der Waals surface area contributed by atoms with E-state index in [1.165, 1.54) is 11.1 Å². The van der Waals surface area contributed by atoms with E-state index in [0.717, 1.165) is 13.1 Å². The molecule has 2 saturated heterocycles. The smallest absolute Gasteiger partial charge is 0.338 e. The Morgan fingerprint density at radius 2 is 1.49 bits per heavy atom. The number of benzene rings is 2. The zero-order chi connectivity index (χ0) is 26.4. The van der Waals surface area contributed by atoms with Crippen LogP contribution < -0.4 is 5.32 Å². The molecule has 0 unspecified atom stereocenters. The fourth-order valence-corrected chi connectivity index (χ4v) is 4.97. The van der Waals surface area contributed by atoms with Crippen molar-refractivity contribution in [1.82, 2.24) is 15.1 Å². The molecule has 8 heteroatoms. The second-order valence-electron chi connectivity index (χ2n) is 10.0. The molecule has 0 aromatic heterocycles. The molecule has 0 saturated carbocycles. The number of esters is 1. The predicted octanol–water partition coefficient (Wildman–Crippen LogP) is 2.78. The van der Waals surface area contributed by atoms with Crippen LogP contribution in [0.1, 0.15) is 44.4 Å². The number of ether oxygens (including phenoxy) is 2. The summed E-state index contributed by atoms with van der Waals surface area (Å²) in [5.74, 6) is -0.871. The lowest BCUT2D eigenvalue weighted by Crippen LogP contribution is -2.56. The molecule has 1 N–H and O–H groups in total. The van der Waals surface area contributed by atoms with Crippen LogP contribution in [0, 0.1) is 5.92 Å². The number of rotatable bonds is 10. The minimum Gasteiger partial charge on any atom is -0.464 e. The second-order valence-corrected chi connectivity index (χ2v) is 10.0. The van der Waals surface area contributed by atoms with Crippen LogP contribution in [0.4, 0.5) is 0 Å². The summed E-state index contributed by atoms with van der Waals surface area (Å²) in [5.41, 5.74) is 2.44. The zero-order valence-electron chi connectivity index (χ0n) is 21.8. The predicted molar refractivity (Wildman–Crippen MR) is 140 cm³/mol. The number of nitrogens with zero attached hydrogens (tertiary/aromatic N) is 2. The molecule has 2 aromatic rings. The van der Waals surface area contributed by atoms with Crippen LogP contribution in [0.3, 0.4) is 0 Å². The normalized spacial score (nSPS) is 20.5. The molecule has 2 fully saturated rings. The Labute approximate surface area is 218 Å². The van der Waals surface area contributed by atoms with Gasteiger partial charge in [-0.1, -0.05) is 74.5 Å². The van der Waals surface area contributed by atoms with Crippen molar-refractivity contribution >= 4 is 17.8 Å². The fraction of sp³-hybridized carbons (Fsp3) is 0.483. The quantitative estimate of drug-likeness (QED) is 0.393. The first-order valence-electron chi connectivity index (χ1n) is 13.1. The van der Waals surface area contributed by atoms with E-state index in [9.17, 15) is 14.4 Å². The molecule has 0 spiro atoms. The van der Waals surface area contributed by atoms with E-state index in [2.05, 4.69) is 58.7 Å². The van der Waals surface area contributed by atoms with E-state index < -0.39 is 30.1 Å². The lowest BCUT2D eigenvalue weighted by atomic mass is 9.96. The molecule has 0 aliphatic carbocycles. The van der Waals surface area contributed by atoms with Gasteiger partial charge < -0.3 is 19.7 Å². The summed E-state index contributed by atoms with van der Waals surface area (Å²) in [5, 5.41) is 2.84. The second kappa shape index (κ2) is 12.3. The Hall–Kier alpha value is -3.23. The van der Waals surface area contributed by atoms with Crippen LogP contribution in [0.2, 0.25) is 0 Å². The number of carbonyl (C=O) groups excluding carboxylic acids is 3. The molecule has 8 nitrogen and oxygen atoms in total. The highest BCUT2D eigenvalue weighted by Gasteiger charge is 2.52. The van der Waals surface area contributed by atoms with E-state index in [0.29, 0.717) is 19.5 Å². The van der Waals surface area contributed by atoms with Crippen LogP contribution >= 0.6 is 0 Å². The SMILES string of the molecule is CCOC(=O)[C@@H]1O[C@H]1C(=O)N[C@@H](CC(C)C)C(=O)N1CCN(C(c2ccccc2)c2ccccc2)CC1. The lowest BCUT2D eigenvalue weighted by Gasteiger charge is -2.41. The van der Waals surface area contributed by atoms with Crippen molar-refractivity contribution in [3.05, 3.63) is 71.8 Å². The number of piperazine rings is 1. The molecule has 2 aliphatic heterocycles. The van der Waals surface area contributed by atoms with Crippen LogP contribution in [0.15, 0.2) is 60.7 Å². The maximum absolute atomic E-state index is 13.5. The maximum Gasteiger partial charge on any atom is 0.338 e. The van der Waals surface area contributed by atoms with Gasteiger partial charge >= 0.3 is 5.97 Å². The van der Waals surface area contributed by atoms with Gasteiger partial charge in [0.1, 0.15) is 6.04 Å². The average Bonchev–Trinajstić information content (AvgIpc) is 3.71. The topological polar surface area (TPSA) is 91.5 Å². The standard InChI is InChI=1S/C29H37N3O5/c1-4-36-29(35)26-25(37-26)27(33)30-23(19-20(2)3)28(34)32-17-15-31(16-18-32)24(21-11-7-5-8-12-21)22-13-9-6-10-14-22/h5-14,20,23-26H,4,15-19H2,1-3H3,(H,30,33)/t23-,25+,26+/m0/s1. The Balaban J connectivity index is 1.40. The summed E-state index contributed by atoms with van der Waals surface area (Å²) >= 11 is 0. The molecular formula is C29H37N3O5. The maximum atomic E-state index is 13.5. The highest BCUT2D eigenvalue weighted by molar-refractivity contribution is 5.95. The van der Waals surface area contributed by atoms with Gasteiger partial charge in [-0.3, -0.25) is 14.5 Å². The van der Waals surface area contributed by atoms with Crippen molar-refractivity contribution in [3.8, 4) is 0 Å². The van der Waals surface area contributed by atoms with Crippen molar-refractivity contribution in [1.29, 1.82) is 0 Å². The molecule has 4 rings (SSSR count). The molecule has 2 aliphatic rings. The molecule has 2 heterocycles. The molecule has 37 heavy (non-hydrogen) atoms. The third-order valence-corrected chi connectivity index (χ3v) is 6.81. The Morgan fingerprint density at radius 1 is 0.919 bits per heavy atom. The van der Waals surface area contributed by atoms with E-state index in [1.807, 2.05) is 30.9 Å². The van der Waals surface area contributed by atoms with Gasteiger partial charge in [0, 0.05) is 26.2 Å². The third kappa shape index (κ3) is 6.76. The molecule has 2 aromatic carbocycles. The van der Waals surface area contributed by atoms with Crippen molar-refractivity contribution < 1.29 is 23.9 Å². The molecule has 3 atom stereocenters. The minimum atomic E-state index is -0.893. The highest BCUT2D eigenvalue weighted by atomic mass is 16.6. The highest BCUT2D eigenvalue weighted by Crippen LogP contribution is 2.30. The lowest BCUT2D eigenvalue weighted by molar-refractivity contribution is -0.144. The van der Waals surface area contributed by atoms with Crippen molar-refractivity contribution in [2.24, 2.45) is 5.92 Å². The first-order valence-corrected chi connectivity index (χ1v) is 13.1. The molecule has 198 valence electrons. The van der Waals surface area contributed by atoms with E-state index in [-0.39, 0.29) is 24.5 Å². The van der Waals surface area contributed by atoms with E-state index in [4.69, 9.17) is 9.47 Å². The summed E-state index contributed by atoms with van der Waals surface area (Å²) in [6.07, 6.45) is -1.26. The average molecular weight is 508 g/mol. The van der Waals surface area contributed by atoms with Gasteiger partial charge in [-0.2, -0.15) is 0 Å². The van der Waals surface area contributed by atoms with Crippen LogP contribution in [-0.4, -0.2) is 78.6 Å². The third-order valence-electron chi connectivity index (χ3n) is 6.81. The van der Waals surface area contributed by atoms with Crippen molar-refractivity contribution in [2.45, 2.75) is 51.5 Å². The van der Waals surface area contributed by atoms with Gasteiger partial charge in [0.15, 0.2) is 12.2 Å². The first kappa shape index (κ1) is 26.8. The summed E-state index contributed by atoms with van der Waals surface area (Å²) in [6.45, 7) is 8.55. The van der Waals surface area contributed by atoms with Crippen LogP contribution in [0.25, 0.3) is 0 Å². The number of epoxide rings is 1. The molecular weight excluding hydrogens is 470 g/mol. The van der Waals surface area contributed by atoms with Gasteiger partial charge in [0.25, 0.3) is 5.91 Å².